The summed E-state index contributed by atoms with van der Waals surface area (Å²) in [5, 5.41) is 20.4. The third kappa shape index (κ3) is 2.07. The molecule has 0 aromatic heterocycles. The van der Waals surface area contributed by atoms with Crippen molar-refractivity contribution in [2.45, 2.75) is 70.6 Å². The van der Waals surface area contributed by atoms with Gasteiger partial charge in [0.2, 0.25) is 0 Å². The Morgan fingerprint density at radius 2 is 1.96 bits per heavy atom. The first-order valence-corrected chi connectivity index (χ1v) is 9.93. The normalized spacial score (nSPS) is 50.5. The number of carbonyl (C=O) groups is 2. The van der Waals surface area contributed by atoms with Crippen LogP contribution in [-0.4, -0.2) is 40.2 Å². The molecule has 0 radical (unpaired) electrons. The number of aliphatic hydroxyl groups is 2. The van der Waals surface area contributed by atoms with Gasteiger partial charge in [-0.3, -0.25) is 9.59 Å². The van der Waals surface area contributed by atoms with E-state index in [1.54, 1.807) is 0 Å². The number of carbonyl (C=O) groups excluding carboxylic acids is 2. The second-order valence-electron chi connectivity index (χ2n) is 9.48. The number of hydrogen-bond donors (Lipinski definition) is 2. The molecule has 3 saturated carbocycles. The molecule has 4 aliphatic carbocycles. The van der Waals surface area contributed by atoms with E-state index >= 15 is 0 Å². The van der Waals surface area contributed by atoms with Crippen LogP contribution in [0.5, 0.6) is 0 Å². The molecule has 0 unspecified atom stereocenters. The van der Waals surface area contributed by atoms with Crippen molar-refractivity contribution < 1.29 is 24.2 Å². The number of fused-ring (bicyclic) bond motifs is 5. The zero-order valence-electron chi connectivity index (χ0n) is 15.6. The summed E-state index contributed by atoms with van der Waals surface area (Å²) in [4.78, 5) is 24.2. The second kappa shape index (κ2) is 5.71. The first kappa shape index (κ1) is 18.3. The summed E-state index contributed by atoms with van der Waals surface area (Å²) in [5.41, 5.74) is -1.67. The van der Waals surface area contributed by atoms with Crippen LogP contribution in [-0.2, 0) is 9.59 Å². The number of rotatable bonds is 2. The largest absolute Gasteiger partial charge is 0.388 e. The van der Waals surface area contributed by atoms with Gasteiger partial charge in [0.1, 0.15) is 12.8 Å². The summed E-state index contributed by atoms with van der Waals surface area (Å²) >= 11 is 0. The van der Waals surface area contributed by atoms with E-state index in [2.05, 4.69) is 6.92 Å². The van der Waals surface area contributed by atoms with E-state index < -0.39 is 29.6 Å². The summed E-state index contributed by atoms with van der Waals surface area (Å²) in [7, 11) is 0. The van der Waals surface area contributed by atoms with Crippen LogP contribution in [0.1, 0.15) is 58.8 Å². The number of Topliss-reactive ketones (excluding diaryl/α,β-unsaturated/α-hetero) is 1. The lowest BCUT2D eigenvalue weighted by atomic mass is 9.46. The van der Waals surface area contributed by atoms with Gasteiger partial charge in [-0.15, -0.1) is 0 Å². The van der Waals surface area contributed by atoms with Crippen molar-refractivity contribution in [2.75, 3.05) is 6.61 Å². The molecule has 4 aliphatic rings. The maximum absolute atomic E-state index is 15.0. The van der Waals surface area contributed by atoms with E-state index in [1.807, 2.05) is 13.0 Å². The van der Waals surface area contributed by atoms with Crippen molar-refractivity contribution in [3.8, 4) is 0 Å². The number of aliphatic hydroxyl groups excluding tert-OH is 1. The quantitative estimate of drug-likeness (QED) is 0.790. The molecule has 4 nitrogen and oxygen atoms in total. The molecule has 0 aromatic carbocycles. The molecule has 26 heavy (non-hydrogen) atoms. The predicted molar refractivity (Wildman–Crippen MR) is 94.0 cm³/mol. The van der Waals surface area contributed by atoms with Crippen molar-refractivity contribution in [2.24, 2.45) is 28.6 Å². The van der Waals surface area contributed by atoms with Gasteiger partial charge in [-0.05, 0) is 67.8 Å². The van der Waals surface area contributed by atoms with Crippen LogP contribution in [0.3, 0.4) is 0 Å². The van der Waals surface area contributed by atoms with Crippen molar-refractivity contribution in [3.63, 3.8) is 0 Å². The molecular formula is C21H29FO4. The summed E-state index contributed by atoms with van der Waals surface area (Å²) in [5.74, 6) is -0.00780. The van der Waals surface area contributed by atoms with Gasteiger partial charge in [0.05, 0.1) is 0 Å². The number of hydrogen-bond acceptors (Lipinski definition) is 4. The van der Waals surface area contributed by atoms with E-state index in [4.69, 9.17) is 0 Å². The molecule has 0 spiro atoms. The van der Waals surface area contributed by atoms with Gasteiger partial charge in [-0.2, -0.15) is 0 Å². The molecule has 0 amide bonds. The van der Waals surface area contributed by atoms with Gasteiger partial charge in [0.15, 0.2) is 17.2 Å². The fourth-order valence-electron chi connectivity index (χ4n) is 7.15. The Kier molecular flexibility index (Phi) is 4.02. The molecule has 0 aliphatic heterocycles. The van der Waals surface area contributed by atoms with Crippen LogP contribution in [0.25, 0.3) is 0 Å². The van der Waals surface area contributed by atoms with Crippen LogP contribution >= 0.6 is 0 Å². The van der Waals surface area contributed by atoms with E-state index in [0.29, 0.717) is 18.8 Å². The van der Waals surface area contributed by atoms with Crippen molar-refractivity contribution in [3.05, 3.63) is 11.6 Å². The molecule has 0 bridgehead atoms. The maximum atomic E-state index is 15.0. The number of alkyl halides is 1. The fraction of sp³-hybridized carbons (Fsp3) is 0.810. The van der Waals surface area contributed by atoms with Gasteiger partial charge in [-0.25, -0.2) is 4.39 Å². The molecule has 2 N–H and O–H groups in total. The van der Waals surface area contributed by atoms with Crippen molar-refractivity contribution >= 4 is 11.6 Å². The molecule has 0 aromatic rings. The standard InChI is InChI=1S/C21H29FO4/c1-19-7-5-13(24)9-12(19)3-4-14-15(19)6-8-20(2)16(14)10-17(22)21(20,26)18(25)11-23/h9,14-17,23,26H,3-8,10-11H2,1-2H3/t14-,15+,16+,17+,19+,20+,21+/m1/s1. The lowest BCUT2D eigenvalue weighted by molar-refractivity contribution is -0.172. The molecule has 3 fully saturated rings. The Labute approximate surface area is 153 Å². The third-order valence-electron chi connectivity index (χ3n) is 8.71. The predicted octanol–water partition coefficient (Wildman–Crippen LogP) is 2.76. The monoisotopic (exact) mass is 364 g/mol. The molecule has 4 rings (SSSR count). The number of ketones is 2. The smallest absolute Gasteiger partial charge is 0.193 e. The maximum Gasteiger partial charge on any atom is 0.193 e. The van der Waals surface area contributed by atoms with Crippen LogP contribution in [0.15, 0.2) is 11.6 Å². The van der Waals surface area contributed by atoms with E-state index in [9.17, 15) is 24.2 Å². The minimum atomic E-state index is -2.07. The minimum absolute atomic E-state index is 0.0222. The molecule has 5 heteroatoms. The SMILES string of the molecule is C[C@]12CCC(=O)C=C1CC[C@@H]1[C@@H]2CC[C@@]2(C)[C@H]1C[C@H](F)[C@]2(O)C(=O)CO. The Morgan fingerprint density at radius 1 is 1.23 bits per heavy atom. The summed E-state index contributed by atoms with van der Waals surface area (Å²) in [6, 6.07) is 0. The average molecular weight is 364 g/mol. The fourth-order valence-corrected chi connectivity index (χ4v) is 7.15. The third-order valence-corrected chi connectivity index (χ3v) is 8.71. The first-order valence-electron chi connectivity index (χ1n) is 9.93. The second-order valence-corrected chi connectivity index (χ2v) is 9.48. The highest BCUT2D eigenvalue weighted by molar-refractivity contribution is 5.92. The van der Waals surface area contributed by atoms with Gasteiger partial charge in [0, 0.05) is 11.8 Å². The lowest BCUT2D eigenvalue weighted by Crippen LogP contribution is -2.60. The molecule has 0 saturated heterocycles. The first-order chi connectivity index (χ1) is 12.2. The van der Waals surface area contributed by atoms with Gasteiger partial charge in [0.25, 0.3) is 0 Å². The van der Waals surface area contributed by atoms with Crippen LogP contribution in [0.4, 0.5) is 4.39 Å². The number of halogens is 1. The highest BCUT2D eigenvalue weighted by Gasteiger charge is 2.70. The summed E-state index contributed by atoms with van der Waals surface area (Å²) in [6.07, 6.45) is 4.97. The summed E-state index contributed by atoms with van der Waals surface area (Å²) < 4.78 is 15.0. The van der Waals surface area contributed by atoms with E-state index in [0.717, 1.165) is 25.7 Å². The Morgan fingerprint density at radius 3 is 2.65 bits per heavy atom. The van der Waals surface area contributed by atoms with E-state index in [1.165, 1.54) is 5.57 Å². The zero-order valence-corrected chi connectivity index (χ0v) is 15.6. The topological polar surface area (TPSA) is 74.6 Å². The van der Waals surface area contributed by atoms with E-state index in [-0.39, 0.29) is 29.5 Å². The number of allylic oxidation sites excluding steroid dienone is 1. The molecular weight excluding hydrogens is 335 g/mol. The Hall–Kier alpha value is -1.07. The zero-order chi connectivity index (χ0) is 18.9. The summed E-state index contributed by atoms with van der Waals surface area (Å²) in [6.45, 7) is 3.27. The van der Waals surface area contributed by atoms with Crippen LogP contribution in [0.2, 0.25) is 0 Å². The molecule has 7 atom stereocenters. The highest BCUT2D eigenvalue weighted by Crippen LogP contribution is 2.68. The van der Waals surface area contributed by atoms with Crippen LogP contribution < -0.4 is 0 Å². The van der Waals surface area contributed by atoms with Gasteiger partial charge < -0.3 is 10.2 Å². The minimum Gasteiger partial charge on any atom is -0.388 e. The van der Waals surface area contributed by atoms with Gasteiger partial charge in [-0.1, -0.05) is 19.4 Å². The Bertz CT molecular complexity index is 687. The van der Waals surface area contributed by atoms with Gasteiger partial charge >= 0.3 is 0 Å². The highest BCUT2D eigenvalue weighted by atomic mass is 19.1. The molecule has 0 heterocycles. The van der Waals surface area contributed by atoms with Crippen LogP contribution in [0, 0.1) is 28.6 Å². The average Bonchev–Trinajstić information content (AvgIpc) is 2.83. The molecule has 144 valence electrons. The van der Waals surface area contributed by atoms with Crippen molar-refractivity contribution in [1.29, 1.82) is 0 Å². The van der Waals surface area contributed by atoms with Crippen molar-refractivity contribution in [1.82, 2.24) is 0 Å². The Balaban J connectivity index is 1.71. The lowest BCUT2D eigenvalue weighted by Gasteiger charge is -2.58.